The number of aromatic nitrogens is 4. The second-order valence-electron chi connectivity index (χ2n) is 10.8. The summed E-state index contributed by atoms with van der Waals surface area (Å²) in [4.78, 5) is 51.6. The SMILES string of the molecule is N#Cc1c[nH]c2c(Cl)cc3c(c12)CN(CC(F)(F)F)C(=O)[C@H](CC(=O)N1CCC(n2c(=O)[nH]c4ncccc42)CC1)C3. The number of nitrogens with one attached hydrogen (secondary N) is 2. The maximum Gasteiger partial charge on any atom is 0.406 e. The first-order valence-electron chi connectivity index (χ1n) is 13.4. The zero-order valence-electron chi connectivity index (χ0n) is 22.2. The number of carbonyl (C=O) groups is 2. The number of rotatable bonds is 4. The molecule has 2 aliphatic rings. The molecule has 1 saturated heterocycles. The minimum absolute atomic E-state index is 0.00811. The first-order chi connectivity index (χ1) is 20.0. The molecule has 218 valence electrons. The van der Waals surface area contributed by atoms with E-state index in [9.17, 15) is 32.8 Å². The fourth-order valence-corrected chi connectivity index (χ4v) is 6.55. The van der Waals surface area contributed by atoms with Crippen molar-refractivity contribution in [1.29, 1.82) is 5.26 Å². The summed E-state index contributed by atoms with van der Waals surface area (Å²) in [6.07, 6.45) is -0.918. The monoisotopic (exact) mass is 599 g/mol. The zero-order valence-corrected chi connectivity index (χ0v) is 22.9. The minimum atomic E-state index is -4.66. The molecule has 10 nitrogen and oxygen atoms in total. The van der Waals surface area contributed by atoms with Gasteiger partial charge in [-0.1, -0.05) is 11.6 Å². The lowest BCUT2D eigenvalue weighted by Gasteiger charge is -2.33. The van der Waals surface area contributed by atoms with E-state index in [1.54, 1.807) is 33.9 Å². The summed E-state index contributed by atoms with van der Waals surface area (Å²) < 4.78 is 42.3. The van der Waals surface area contributed by atoms with Crippen LogP contribution in [0.15, 0.2) is 35.4 Å². The normalized spacial score (nSPS) is 18.4. The lowest BCUT2D eigenvalue weighted by atomic mass is 9.91. The van der Waals surface area contributed by atoms with Gasteiger partial charge in [-0.25, -0.2) is 9.78 Å². The molecule has 2 N–H and O–H groups in total. The number of nitriles is 1. The molecule has 0 aliphatic carbocycles. The number of carbonyl (C=O) groups excluding carboxylic acids is 2. The number of pyridine rings is 1. The summed E-state index contributed by atoms with van der Waals surface area (Å²) in [5, 5.41) is 10.3. The van der Waals surface area contributed by atoms with Crippen LogP contribution >= 0.6 is 11.6 Å². The van der Waals surface area contributed by atoms with E-state index < -0.39 is 24.5 Å². The van der Waals surface area contributed by atoms with Gasteiger partial charge in [0.25, 0.3) is 0 Å². The predicted molar refractivity (Wildman–Crippen MR) is 147 cm³/mol. The highest BCUT2D eigenvalue weighted by atomic mass is 35.5. The molecule has 14 heteroatoms. The van der Waals surface area contributed by atoms with Gasteiger partial charge in [0.15, 0.2) is 5.65 Å². The zero-order chi connectivity index (χ0) is 29.8. The number of nitrogens with zero attached hydrogens (tertiary/aromatic N) is 5. The van der Waals surface area contributed by atoms with Crippen molar-refractivity contribution in [1.82, 2.24) is 29.3 Å². The van der Waals surface area contributed by atoms with Crippen LogP contribution in [0.5, 0.6) is 0 Å². The van der Waals surface area contributed by atoms with Crippen molar-refractivity contribution in [3.8, 4) is 6.07 Å². The Bertz CT molecular complexity index is 1810. The Morgan fingerprint density at radius 2 is 2.00 bits per heavy atom. The van der Waals surface area contributed by atoms with E-state index in [-0.39, 0.29) is 47.6 Å². The van der Waals surface area contributed by atoms with Gasteiger partial charge >= 0.3 is 11.9 Å². The average molecular weight is 600 g/mol. The van der Waals surface area contributed by atoms with Gasteiger partial charge in [-0.2, -0.15) is 18.4 Å². The number of halogens is 4. The van der Waals surface area contributed by atoms with E-state index >= 15 is 0 Å². The second kappa shape index (κ2) is 10.5. The van der Waals surface area contributed by atoms with Gasteiger partial charge < -0.3 is 14.8 Å². The summed E-state index contributed by atoms with van der Waals surface area (Å²) in [6, 6.07) is 7.01. The number of fused-ring (bicyclic) bond motifs is 4. The van der Waals surface area contributed by atoms with Crippen LogP contribution in [0.3, 0.4) is 0 Å². The third-order valence-corrected chi connectivity index (χ3v) is 8.47. The lowest BCUT2D eigenvalue weighted by molar-refractivity contribution is -0.165. The van der Waals surface area contributed by atoms with Crippen molar-refractivity contribution in [2.45, 2.75) is 44.4 Å². The molecular weight excluding hydrogens is 575 g/mol. The van der Waals surface area contributed by atoms with Crippen molar-refractivity contribution < 1.29 is 22.8 Å². The number of benzene rings is 1. The molecular formula is C28H25ClF3N7O3. The largest absolute Gasteiger partial charge is 0.406 e. The second-order valence-corrected chi connectivity index (χ2v) is 11.2. The molecule has 0 saturated carbocycles. The Morgan fingerprint density at radius 1 is 1.24 bits per heavy atom. The van der Waals surface area contributed by atoms with Crippen LogP contribution in [-0.2, 0) is 22.6 Å². The molecule has 2 amide bonds. The number of piperidine rings is 1. The van der Waals surface area contributed by atoms with Crippen LogP contribution in [0.4, 0.5) is 13.2 Å². The Hall–Kier alpha value is -4.31. The first-order valence-corrected chi connectivity index (χ1v) is 13.8. The summed E-state index contributed by atoms with van der Waals surface area (Å²) in [6.45, 7) is -1.19. The van der Waals surface area contributed by atoms with E-state index in [0.717, 1.165) is 4.90 Å². The molecule has 1 aromatic carbocycles. The van der Waals surface area contributed by atoms with Gasteiger partial charge in [-0.3, -0.25) is 19.1 Å². The summed E-state index contributed by atoms with van der Waals surface area (Å²) in [7, 11) is 0. The number of hydrogen-bond donors (Lipinski definition) is 2. The molecule has 0 unspecified atom stereocenters. The van der Waals surface area contributed by atoms with E-state index in [4.69, 9.17) is 11.6 Å². The number of imidazole rings is 1. The fraction of sp³-hybridized carbons (Fsp3) is 0.393. The minimum Gasteiger partial charge on any atom is -0.359 e. The van der Waals surface area contributed by atoms with Crippen LogP contribution in [0.25, 0.3) is 22.1 Å². The Balaban J connectivity index is 1.24. The Kier molecular flexibility index (Phi) is 6.97. The molecule has 0 radical (unpaired) electrons. The number of hydrogen-bond acceptors (Lipinski definition) is 5. The van der Waals surface area contributed by atoms with E-state index in [0.29, 0.717) is 59.1 Å². The first kappa shape index (κ1) is 27.8. The summed E-state index contributed by atoms with van der Waals surface area (Å²) in [5.74, 6) is -2.16. The third kappa shape index (κ3) is 5.00. The Morgan fingerprint density at radius 3 is 2.71 bits per heavy atom. The topological polar surface area (TPSA) is 131 Å². The van der Waals surface area contributed by atoms with Crippen molar-refractivity contribution >= 4 is 45.5 Å². The summed E-state index contributed by atoms with van der Waals surface area (Å²) in [5.41, 5.74) is 2.45. The predicted octanol–water partition coefficient (Wildman–Crippen LogP) is 4.05. The number of alkyl halides is 3. The molecule has 3 aromatic heterocycles. The standard InChI is InChI=1S/C28H25ClF3N7O3/c29-20-9-15-8-16(26(41)38(14-28(30,31)32)13-19(15)23-17(11-33)12-35-24(20)23)10-22(40)37-6-3-18(4-7-37)39-21-2-1-5-34-25(21)36-27(39)42/h1-2,5,9,12,16,18,35H,3-4,6-8,10,13-14H2,(H,34,36,42)/t16-/m0/s1. The Labute approximate surface area is 241 Å². The maximum absolute atomic E-state index is 13.6. The third-order valence-electron chi connectivity index (χ3n) is 8.17. The van der Waals surface area contributed by atoms with Crippen LogP contribution in [0.2, 0.25) is 5.02 Å². The number of amides is 2. The smallest absolute Gasteiger partial charge is 0.359 e. The fourth-order valence-electron chi connectivity index (χ4n) is 6.27. The number of likely N-dealkylation sites (tertiary alicyclic amines) is 1. The number of H-pyrrole nitrogens is 2. The lowest BCUT2D eigenvalue weighted by Crippen LogP contribution is -2.44. The van der Waals surface area contributed by atoms with Gasteiger partial charge in [0.05, 0.1) is 27.5 Å². The van der Waals surface area contributed by atoms with Crippen molar-refractivity contribution in [2.24, 2.45) is 5.92 Å². The molecule has 4 aromatic rings. The van der Waals surface area contributed by atoms with E-state index in [2.05, 4.69) is 15.0 Å². The number of aromatic amines is 2. The molecule has 0 spiro atoms. The molecule has 1 atom stereocenters. The van der Waals surface area contributed by atoms with Crippen molar-refractivity contribution in [3.63, 3.8) is 0 Å². The van der Waals surface area contributed by atoms with E-state index in [1.807, 2.05) is 6.07 Å². The van der Waals surface area contributed by atoms with Crippen LogP contribution in [0, 0.1) is 17.2 Å². The highest BCUT2D eigenvalue weighted by Crippen LogP contribution is 2.37. The maximum atomic E-state index is 13.6. The van der Waals surface area contributed by atoms with Gasteiger partial charge in [-0.05, 0) is 48.6 Å². The molecule has 6 rings (SSSR count). The molecule has 0 bridgehead atoms. The highest BCUT2D eigenvalue weighted by molar-refractivity contribution is 6.35. The van der Waals surface area contributed by atoms with Gasteiger partial charge in [-0.15, -0.1) is 0 Å². The highest BCUT2D eigenvalue weighted by Gasteiger charge is 2.40. The average Bonchev–Trinajstić information content (AvgIpc) is 3.50. The van der Waals surface area contributed by atoms with Gasteiger partial charge in [0.1, 0.15) is 12.6 Å². The molecule has 1 fully saturated rings. The summed E-state index contributed by atoms with van der Waals surface area (Å²) >= 11 is 6.45. The van der Waals surface area contributed by atoms with Crippen LogP contribution in [-0.4, -0.2) is 66.9 Å². The van der Waals surface area contributed by atoms with Crippen molar-refractivity contribution in [2.75, 3.05) is 19.6 Å². The molecule has 42 heavy (non-hydrogen) atoms. The van der Waals surface area contributed by atoms with Gasteiger partial charge in [0.2, 0.25) is 11.8 Å². The van der Waals surface area contributed by atoms with Crippen LogP contribution in [0.1, 0.15) is 42.0 Å². The van der Waals surface area contributed by atoms with Crippen molar-refractivity contribution in [3.05, 3.63) is 62.8 Å². The quantitative estimate of drug-likeness (QED) is 0.365. The molecule has 2 aliphatic heterocycles. The molecule has 5 heterocycles. The van der Waals surface area contributed by atoms with E-state index in [1.165, 1.54) is 6.20 Å². The van der Waals surface area contributed by atoms with Crippen LogP contribution < -0.4 is 5.69 Å². The van der Waals surface area contributed by atoms with Gasteiger partial charge in [0, 0.05) is 49.9 Å².